The number of anilines is 1. The molecule has 1 aromatic rings. The second-order valence-corrected chi connectivity index (χ2v) is 8.45. The van der Waals surface area contributed by atoms with Crippen molar-refractivity contribution in [3.05, 3.63) is 11.8 Å². The number of alkyl carbamates (subject to hydrolysis) is 1. The Labute approximate surface area is 170 Å². The summed E-state index contributed by atoms with van der Waals surface area (Å²) in [6.07, 6.45) is 6.36. The van der Waals surface area contributed by atoms with Crippen molar-refractivity contribution in [2.45, 2.75) is 76.2 Å². The molecule has 0 aliphatic heterocycles. The molecule has 0 atom stereocenters. The number of nitrogens with one attached hydrogen (secondary N) is 2. The summed E-state index contributed by atoms with van der Waals surface area (Å²) in [5, 5.41) is 6.89. The molecule has 1 heterocycles. The first-order valence-corrected chi connectivity index (χ1v) is 10.8. The van der Waals surface area contributed by atoms with Crippen LogP contribution in [-0.4, -0.2) is 52.6 Å². The van der Waals surface area contributed by atoms with Gasteiger partial charge in [0, 0.05) is 18.3 Å². The molecule has 0 saturated heterocycles. The molecule has 0 spiro atoms. The molecule has 1 fully saturated rings. The van der Waals surface area contributed by atoms with Crippen LogP contribution in [0.2, 0.25) is 0 Å². The zero-order valence-corrected chi connectivity index (χ0v) is 18.0. The van der Waals surface area contributed by atoms with Crippen molar-refractivity contribution in [3.63, 3.8) is 0 Å². The summed E-state index contributed by atoms with van der Waals surface area (Å²) in [5.74, 6) is 0.0688. The molecule has 28 heavy (non-hydrogen) atoms. The number of aromatic nitrogens is 2. The number of carbonyl (C=O) groups is 2. The lowest BCUT2D eigenvalue weighted by Gasteiger charge is -2.31. The number of thioether (sulfide) groups is 1. The predicted molar refractivity (Wildman–Crippen MR) is 109 cm³/mol. The molecule has 0 bridgehead atoms. The predicted octanol–water partition coefficient (Wildman–Crippen LogP) is 3.62. The highest BCUT2D eigenvalue weighted by Crippen LogP contribution is 2.25. The van der Waals surface area contributed by atoms with Gasteiger partial charge in [0.1, 0.15) is 17.0 Å². The van der Waals surface area contributed by atoms with Crippen LogP contribution in [0.4, 0.5) is 10.6 Å². The molecule has 0 radical (unpaired) electrons. The van der Waals surface area contributed by atoms with E-state index in [0.29, 0.717) is 23.1 Å². The second-order valence-electron chi connectivity index (χ2n) is 7.68. The molecule has 1 aliphatic rings. The first-order chi connectivity index (χ1) is 13.2. The van der Waals surface area contributed by atoms with Crippen molar-refractivity contribution >= 4 is 29.6 Å². The second kappa shape index (κ2) is 9.95. The van der Waals surface area contributed by atoms with Gasteiger partial charge in [0.25, 0.3) is 0 Å². The zero-order chi connectivity index (χ0) is 20.7. The molecule has 1 saturated carbocycles. The SMILES string of the molecule is CCOC(=O)c1cnc(SC)nc1NC1CCC(NC(=O)OC(C)(C)C)CC1. The lowest BCUT2D eigenvalue weighted by atomic mass is 9.91. The number of hydrogen-bond acceptors (Lipinski definition) is 8. The average molecular weight is 411 g/mol. The van der Waals surface area contributed by atoms with E-state index >= 15 is 0 Å². The maximum atomic E-state index is 12.2. The van der Waals surface area contributed by atoms with E-state index in [1.165, 1.54) is 18.0 Å². The van der Waals surface area contributed by atoms with Crippen LogP contribution in [0.25, 0.3) is 0 Å². The van der Waals surface area contributed by atoms with Gasteiger partial charge in [0.2, 0.25) is 0 Å². The fraction of sp³-hybridized carbons (Fsp3) is 0.684. The topological polar surface area (TPSA) is 102 Å². The van der Waals surface area contributed by atoms with E-state index in [4.69, 9.17) is 9.47 Å². The van der Waals surface area contributed by atoms with Crippen LogP contribution in [0, 0.1) is 0 Å². The van der Waals surface area contributed by atoms with Gasteiger partial charge in [-0.1, -0.05) is 11.8 Å². The molecule has 156 valence electrons. The first-order valence-electron chi connectivity index (χ1n) is 9.56. The third-order valence-electron chi connectivity index (χ3n) is 4.23. The molecule has 2 rings (SSSR count). The Balaban J connectivity index is 1.95. The quantitative estimate of drug-likeness (QED) is 0.416. The molecule has 0 unspecified atom stereocenters. The van der Waals surface area contributed by atoms with E-state index in [1.54, 1.807) is 6.92 Å². The number of hydrogen-bond donors (Lipinski definition) is 2. The van der Waals surface area contributed by atoms with Gasteiger partial charge in [0.05, 0.1) is 6.61 Å². The van der Waals surface area contributed by atoms with Gasteiger partial charge < -0.3 is 20.1 Å². The van der Waals surface area contributed by atoms with Gasteiger partial charge in [-0.3, -0.25) is 0 Å². The fourth-order valence-corrected chi connectivity index (χ4v) is 3.32. The number of amides is 1. The summed E-state index contributed by atoms with van der Waals surface area (Å²) in [4.78, 5) is 32.7. The molecule has 1 aliphatic carbocycles. The lowest BCUT2D eigenvalue weighted by molar-refractivity contribution is 0.0488. The van der Waals surface area contributed by atoms with Gasteiger partial charge in [-0.2, -0.15) is 0 Å². The molecule has 8 nitrogen and oxygen atoms in total. The molecule has 1 aromatic heterocycles. The molecular formula is C19H30N4O4S. The smallest absolute Gasteiger partial charge is 0.407 e. The van der Waals surface area contributed by atoms with Crippen molar-refractivity contribution in [2.24, 2.45) is 0 Å². The Kier molecular flexibility index (Phi) is 7.91. The van der Waals surface area contributed by atoms with E-state index in [-0.39, 0.29) is 18.2 Å². The van der Waals surface area contributed by atoms with Crippen molar-refractivity contribution in [2.75, 3.05) is 18.2 Å². The molecule has 9 heteroatoms. The Hall–Kier alpha value is -2.03. The summed E-state index contributed by atoms with van der Waals surface area (Å²) in [7, 11) is 0. The van der Waals surface area contributed by atoms with Crippen molar-refractivity contribution in [1.29, 1.82) is 0 Å². The average Bonchev–Trinajstić information content (AvgIpc) is 2.62. The van der Waals surface area contributed by atoms with Crippen LogP contribution in [0.5, 0.6) is 0 Å². The minimum Gasteiger partial charge on any atom is -0.462 e. The Morgan fingerprint density at radius 3 is 2.43 bits per heavy atom. The standard InChI is InChI=1S/C19H30N4O4S/c1-6-26-16(24)14-11-20-17(28-5)23-15(14)21-12-7-9-13(10-8-12)22-18(25)27-19(2,3)4/h11-13H,6-10H2,1-5H3,(H,22,25)(H,20,21,23). The molecule has 0 aromatic carbocycles. The Morgan fingerprint density at radius 1 is 1.21 bits per heavy atom. The summed E-state index contributed by atoms with van der Waals surface area (Å²) in [5.41, 5.74) is -0.164. The van der Waals surface area contributed by atoms with E-state index < -0.39 is 11.6 Å². The van der Waals surface area contributed by atoms with Crippen LogP contribution in [-0.2, 0) is 9.47 Å². The maximum absolute atomic E-state index is 12.2. The minimum absolute atomic E-state index is 0.0876. The summed E-state index contributed by atoms with van der Waals surface area (Å²) in [6.45, 7) is 7.60. The summed E-state index contributed by atoms with van der Waals surface area (Å²) >= 11 is 1.41. The van der Waals surface area contributed by atoms with Gasteiger partial charge in [-0.15, -0.1) is 0 Å². The van der Waals surface area contributed by atoms with Gasteiger partial charge in [0.15, 0.2) is 5.16 Å². The van der Waals surface area contributed by atoms with E-state index in [1.807, 2.05) is 27.0 Å². The van der Waals surface area contributed by atoms with Gasteiger partial charge in [-0.25, -0.2) is 19.6 Å². The summed E-state index contributed by atoms with van der Waals surface area (Å²) in [6, 6.07) is 0.249. The number of esters is 1. The number of rotatable bonds is 6. The fourth-order valence-electron chi connectivity index (χ4n) is 2.98. The van der Waals surface area contributed by atoms with Crippen molar-refractivity contribution in [3.8, 4) is 0 Å². The number of carbonyl (C=O) groups excluding carboxylic acids is 2. The highest BCUT2D eigenvalue weighted by atomic mass is 32.2. The Morgan fingerprint density at radius 2 is 1.86 bits per heavy atom. The van der Waals surface area contributed by atoms with Crippen molar-refractivity contribution in [1.82, 2.24) is 15.3 Å². The Bertz CT molecular complexity index is 685. The van der Waals surface area contributed by atoms with Crippen LogP contribution in [0.15, 0.2) is 11.4 Å². The monoisotopic (exact) mass is 410 g/mol. The molecule has 1 amide bonds. The van der Waals surface area contributed by atoms with E-state index in [0.717, 1.165) is 25.7 Å². The highest BCUT2D eigenvalue weighted by Gasteiger charge is 2.26. The van der Waals surface area contributed by atoms with Crippen LogP contribution >= 0.6 is 11.8 Å². The van der Waals surface area contributed by atoms with Crippen LogP contribution < -0.4 is 10.6 Å². The minimum atomic E-state index is -0.506. The van der Waals surface area contributed by atoms with Crippen molar-refractivity contribution < 1.29 is 19.1 Å². The zero-order valence-electron chi connectivity index (χ0n) is 17.2. The van der Waals surface area contributed by atoms with E-state index in [2.05, 4.69) is 20.6 Å². The largest absolute Gasteiger partial charge is 0.462 e. The lowest BCUT2D eigenvalue weighted by Crippen LogP contribution is -2.42. The maximum Gasteiger partial charge on any atom is 0.407 e. The molecule has 2 N–H and O–H groups in total. The normalized spacial score (nSPS) is 19.6. The molecular weight excluding hydrogens is 380 g/mol. The number of nitrogens with zero attached hydrogens (tertiary/aromatic N) is 2. The first kappa shape index (κ1) is 22.3. The van der Waals surface area contributed by atoms with E-state index in [9.17, 15) is 9.59 Å². The van der Waals surface area contributed by atoms with Crippen LogP contribution in [0.1, 0.15) is 63.7 Å². The summed E-state index contributed by atoms with van der Waals surface area (Å²) < 4.78 is 10.4. The third-order valence-corrected chi connectivity index (χ3v) is 4.80. The third kappa shape index (κ3) is 6.85. The van der Waals surface area contributed by atoms with Gasteiger partial charge >= 0.3 is 12.1 Å². The van der Waals surface area contributed by atoms with Crippen LogP contribution in [0.3, 0.4) is 0 Å². The van der Waals surface area contributed by atoms with Gasteiger partial charge in [-0.05, 0) is 59.6 Å². The highest BCUT2D eigenvalue weighted by molar-refractivity contribution is 7.98. The number of ether oxygens (including phenoxy) is 2.